The van der Waals surface area contributed by atoms with Crippen molar-refractivity contribution in [1.29, 1.82) is 0 Å². The highest BCUT2D eigenvalue weighted by atomic mass is 19.1. The average molecular weight is 423 g/mol. The average Bonchev–Trinajstić information content (AvgIpc) is 3.18. The van der Waals surface area contributed by atoms with Gasteiger partial charge in [-0.2, -0.15) is 0 Å². The second-order valence-electron chi connectivity index (χ2n) is 8.55. The number of rotatable bonds is 3. The number of benzene rings is 1. The zero-order valence-electron chi connectivity index (χ0n) is 17.6. The summed E-state index contributed by atoms with van der Waals surface area (Å²) in [5.41, 5.74) is 3.75. The van der Waals surface area contributed by atoms with Gasteiger partial charge in [-0.05, 0) is 37.1 Å². The Bertz CT molecular complexity index is 1200. The number of likely N-dealkylation sites (tertiary alicyclic amines) is 1. The van der Waals surface area contributed by atoms with E-state index in [2.05, 4.69) is 10.00 Å². The molecule has 1 aromatic carbocycles. The molecule has 1 saturated heterocycles. The minimum atomic E-state index is -0.224. The number of amides is 1. The van der Waals surface area contributed by atoms with Crippen molar-refractivity contribution in [3.8, 4) is 0 Å². The molecule has 2 aromatic heterocycles. The third kappa shape index (κ3) is 3.76. The molecule has 162 valence electrons. The lowest BCUT2D eigenvalue weighted by molar-refractivity contribution is -0.129. The van der Waals surface area contributed by atoms with Crippen LogP contribution < -0.4 is 5.56 Å². The van der Waals surface area contributed by atoms with Crippen LogP contribution in [0.25, 0.3) is 5.65 Å². The van der Waals surface area contributed by atoms with Crippen LogP contribution in [-0.4, -0.2) is 43.4 Å². The van der Waals surface area contributed by atoms with Crippen LogP contribution >= 0.6 is 0 Å². The summed E-state index contributed by atoms with van der Waals surface area (Å²) in [5, 5.41) is 3.28. The van der Waals surface area contributed by atoms with Gasteiger partial charge >= 0.3 is 0 Å². The van der Waals surface area contributed by atoms with Crippen LogP contribution in [-0.2, 0) is 24.3 Å². The smallest absolute Gasteiger partial charge is 0.277 e. The number of nitrogens with one attached hydrogen (secondary N) is 1. The molecule has 1 N–H and O–H groups in total. The summed E-state index contributed by atoms with van der Waals surface area (Å²) in [7, 11) is 0. The Morgan fingerprint density at radius 1 is 1.26 bits per heavy atom. The molecule has 0 spiro atoms. The first-order valence-electron chi connectivity index (χ1n) is 10.9. The summed E-state index contributed by atoms with van der Waals surface area (Å²) in [4.78, 5) is 33.7. The number of nitrogens with zero attached hydrogens (tertiary/aromatic N) is 4. The second-order valence-corrected chi connectivity index (χ2v) is 8.55. The molecule has 8 heteroatoms. The number of hydrogen-bond donors (Lipinski definition) is 1. The van der Waals surface area contributed by atoms with Crippen molar-refractivity contribution in [3.05, 3.63) is 69.0 Å². The molecule has 1 fully saturated rings. The van der Waals surface area contributed by atoms with Gasteiger partial charge in [0, 0.05) is 32.5 Å². The lowest BCUT2D eigenvalue weighted by Gasteiger charge is -2.35. The van der Waals surface area contributed by atoms with Crippen LogP contribution in [0.3, 0.4) is 0 Å². The Hall–Kier alpha value is -3.00. The number of carbonyl (C=O) groups is 1. The van der Waals surface area contributed by atoms with Gasteiger partial charge in [0.15, 0.2) is 5.65 Å². The minimum absolute atomic E-state index is 0.0301. The summed E-state index contributed by atoms with van der Waals surface area (Å²) in [6, 6.07) is 8.81. The highest BCUT2D eigenvalue weighted by Crippen LogP contribution is 2.32. The van der Waals surface area contributed by atoms with Gasteiger partial charge in [0.05, 0.1) is 29.5 Å². The van der Waals surface area contributed by atoms with Crippen LogP contribution in [0.4, 0.5) is 4.39 Å². The summed E-state index contributed by atoms with van der Waals surface area (Å²) in [6.45, 7) is 4.00. The summed E-state index contributed by atoms with van der Waals surface area (Å²) in [5.74, 6) is -0.255. The number of aromatic amines is 1. The number of H-pyrrole nitrogens is 1. The first kappa shape index (κ1) is 19.9. The molecule has 3 aromatic rings. The summed E-state index contributed by atoms with van der Waals surface area (Å²) >= 11 is 0. The third-order valence-corrected chi connectivity index (χ3v) is 6.47. The van der Waals surface area contributed by atoms with Crippen molar-refractivity contribution in [2.75, 3.05) is 13.1 Å². The maximum Gasteiger partial charge on any atom is 0.277 e. The van der Waals surface area contributed by atoms with Gasteiger partial charge in [-0.3, -0.25) is 19.6 Å². The van der Waals surface area contributed by atoms with Crippen molar-refractivity contribution in [2.24, 2.45) is 0 Å². The zero-order chi connectivity index (χ0) is 21.5. The molecule has 1 amide bonds. The second kappa shape index (κ2) is 7.92. The standard InChI is InChI=1S/C23H26FN5O2/c1-15(30)27-10-8-19-18(14-27)23(31)29-22(25-19)12-20(26-29)21-7-2-3-9-28(21)13-16-5-4-6-17(24)11-16/h4-6,11-12,21,26H,2-3,7-10,13-14H2,1H3. The monoisotopic (exact) mass is 423 g/mol. The number of aromatic nitrogens is 3. The Kier molecular flexibility index (Phi) is 5.09. The predicted molar refractivity (Wildman–Crippen MR) is 114 cm³/mol. The molecular formula is C23H26FN5O2. The maximum atomic E-state index is 13.7. The molecular weight excluding hydrogens is 397 g/mol. The van der Waals surface area contributed by atoms with E-state index in [0.29, 0.717) is 37.3 Å². The molecule has 0 radical (unpaired) electrons. The van der Waals surface area contributed by atoms with Gasteiger partial charge in [-0.25, -0.2) is 13.9 Å². The lowest BCUT2D eigenvalue weighted by Crippen LogP contribution is -2.39. The van der Waals surface area contributed by atoms with Crippen molar-refractivity contribution < 1.29 is 9.18 Å². The van der Waals surface area contributed by atoms with E-state index in [9.17, 15) is 14.0 Å². The highest BCUT2D eigenvalue weighted by Gasteiger charge is 2.28. The molecule has 2 aliphatic heterocycles. The van der Waals surface area contributed by atoms with E-state index >= 15 is 0 Å². The Labute approximate surface area is 179 Å². The number of halogens is 1. The predicted octanol–water partition coefficient (Wildman–Crippen LogP) is 2.79. The minimum Gasteiger partial charge on any atom is -0.338 e. The van der Waals surface area contributed by atoms with Crippen LogP contribution in [0.5, 0.6) is 0 Å². The van der Waals surface area contributed by atoms with E-state index < -0.39 is 0 Å². The quantitative estimate of drug-likeness (QED) is 0.703. The van der Waals surface area contributed by atoms with Gasteiger partial charge in [0.25, 0.3) is 5.56 Å². The van der Waals surface area contributed by atoms with Gasteiger partial charge in [0.1, 0.15) is 5.82 Å². The zero-order valence-corrected chi connectivity index (χ0v) is 17.6. The lowest BCUT2D eigenvalue weighted by atomic mass is 9.98. The molecule has 7 nitrogen and oxygen atoms in total. The number of carbonyl (C=O) groups excluding carboxylic acids is 1. The number of hydrogen-bond acceptors (Lipinski definition) is 4. The molecule has 0 saturated carbocycles. The van der Waals surface area contributed by atoms with Crippen molar-refractivity contribution in [2.45, 2.75) is 51.7 Å². The Morgan fingerprint density at radius 3 is 2.94 bits per heavy atom. The molecule has 1 unspecified atom stereocenters. The molecule has 2 aliphatic rings. The Balaban J connectivity index is 1.48. The van der Waals surface area contributed by atoms with Crippen LogP contribution in [0, 0.1) is 5.82 Å². The fraction of sp³-hybridized carbons (Fsp3) is 0.435. The van der Waals surface area contributed by atoms with Crippen LogP contribution in [0.2, 0.25) is 0 Å². The van der Waals surface area contributed by atoms with Crippen molar-refractivity contribution in [1.82, 2.24) is 24.4 Å². The van der Waals surface area contributed by atoms with Gasteiger partial charge in [-0.1, -0.05) is 18.6 Å². The van der Waals surface area contributed by atoms with E-state index in [1.807, 2.05) is 12.1 Å². The van der Waals surface area contributed by atoms with Gasteiger partial charge in [-0.15, -0.1) is 0 Å². The molecule has 0 bridgehead atoms. The fourth-order valence-electron chi connectivity index (χ4n) is 4.84. The molecule has 1 atom stereocenters. The van der Waals surface area contributed by atoms with Crippen molar-refractivity contribution in [3.63, 3.8) is 0 Å². The molecule has 4 heterocycles. The van der Waals surface area contributed by atoms with Gasteiger partial charge < -0.3 is 4.90 Å². The summed E-state index contributed by atoms with van der Waals surface area (Å²) in [6.07, 6.45) is 3.76. The van der Waals surface area contributed by atoms with Gasteiger partial charge in [0.2, 0.25) is 5.91 Å². The van der Waals surface area contributed by atoms with E-state index in [4.69, 9.17) is 4.98 Å². The largest absolute Gasteiger partial charge is 0.338 e. The van der Waals surface area contributed by atoms with E-state index in [1.54, 1.807) is 17.0 Å². The van der Waals surface area contributed by atoms with Crippen LogP contribution in [0.15, 0.2) is 35.1 Å². The SMILES string of the molecule is CC(=O)N1CCc2nc3cc(C4CCCCN4Cc4cccc(F)c4)[nH]n3c(=O)c2C1. The van der Waals surface area contributed by atoms with Crippen molar-refractivity contribution >= 4 is 11.6 Å². The first-order chi connectivity index (χ1) is 15.0. The molecule has 0 aliphatic carbocycles. The van der Waals surface area contributed by atoms with E-state index in [-0.39, 0.29) is 23.3 Å². The fourth-order valence-corrected chi connectivity index (χ4v) is 4.84. The molecule has 31 heavy (non-hydrogen) atoms. The Morgan fingerprint density at radius 2 is 2.13 bits per heavy atom. The van der Waals surface area contributed by atoms with Crippen LogP contribution in [0.1, 0.15) is 54.7 Å². The number of piperidine rings is 1. The molecule has 5 rings (SSSR count). The topological polar surface area (TPSA) is 73.7 Å². The maximum absolute atomic E-state index is 13.7. The number of fused-ring (bicyclic) bond motifs is 2. The summed E-state index contributed by atoms with van der Waals surface area (Å²) < 4.78 is 15.2. The third-order valence-electron chi connectivity index (χ3n) is 6.47. The van der Waals surface area contributed by atoms with E-state index in [1.165, 1.54) is 17.5 Å². The van der Waals surface area contributed by atoms with E-state index in [0.717, 1.165) is 42.8 Å². The normalized spacial score (nSPS) is 19.5. The highest BCUT2D eigenvalue weighted by molar-refractivity contribution is 5.73. The first-order valence-corrected chi connectivity index (χ1v) is 10.9.